The number of nitrogens with two attached hydrogens (primary N) is 1. The maximum absolute atomic E-state index is 13.6. The van der Waals surface area contributed by atoms with Gasteiger partial charge in [0.05, 0.1) is 25.0 Å². The van der Waals surface area contributed by atoms with Gasteiger partial charge in [-0.15, -0.1) is 0 Å². The molecule has 2 amide bonds. The van der Waals surface area contributed by atoms with E-state index in [1.54, 1.807) is 11.9 Å². The Bertz CT molecular complexity index is 1080. The molecule has 2 aliphatic heterocycles. The number of carbonyl (C=O) groups excluding carboxylic acids is 1. The fraction of sp³-hybridized carbons (Fsp3) is 0.542. The minimum absolute atomic E-state index is 0.00889. The van der Waals surface area contributed by atoms with Gasteiger partial charge in [-0.3, -0.25) is 9.52 Å². The molecule has 0 unspecified atom stereocenters. The molecule has 3 N–H and O–H groups in total. The number of benzene rings is 1. The number of carbonyl (C=O) groups is 1. The number of oxime groups is 1. The number of hydroxylamine groups is 2. The smallest absolute Gasteiger partial charge is 0.345 e. The van der Waals surface area contributed by atoms with Gasteiger partial charge in [0.2, 0.25) is 0 Å². The van der Waals surface area contributed by atoms with Crippen molar-refractivity contribution < 1.29 is 14.2 Å². The molecule has 0 aliphatic carbocycles. The lowest BCUT2D eigenvalue weighted by atomic mass is 9.97. The van der Waals surface area contributed by atoms with Gasteiger partial charge >= 0.3 is 6.03 Å². The van der Waals surface area contributed by atoms with Crippen LogP contribution in [0.2, 0.25) is 18.1 Å². The molecular formula is C24H37N7O3Si. The van der Waals surface area contributed by atoms with E-state index >= 15 is 0 Å². The lowest BCUT2D eigenvalue weighted by Crippen LogP contribution is -2.45. The van der Waals surface area contributed by atoms with E-state index in [2.05, 4.69) is 49.4 Å². The maximum atomic E-state index is 13.6. The Morgan fingerprint density at radius 1 is 1.29 bits per heavy atom. The summed E-state index contributed by atoms with van der Waals surface area (Å²) in [5, 5.41) is 13.9. The lowest BCUT2D eigenvalue weighted by molar-refractivity contribution is -0.141. The van der Waals surface area contributed by atoms with Crippen LogP contribution < -0.4 is 11.1 Å². The summed E-state index contributed by atoms with van der Waals surface area (Å²) < 4.78 is 8.06. The van der Waals surface area contributed by atoms with E-state index < -0.39 is 14.4 Å². The van der Waals surface area contributed by atoms with Gasteiger partial charge in [-0.2, -0.15) is 10.2 Å². The van der Waals surface area contributed by atoms with Crippen LogP contribution in [-0.4, -0.2) is 60.1 Å². The quantitative estimate of drug-likeness (QED) is 0.249. The van der Waals surface area contributed by atoms with Crippen molar-refractivity contribution in [2.75, 3.05) is 20.1 Å². The highest BCUT2D eigenvalue weighted by Crippen LogP contribution is 2.45. The second-order valence-electron chi connectivity index (χ2n) is 10.5. The van der Waals surface area contributed by atoms with Crippen LogP contribution in [0.5, 0.6) is 0 Å². The van der Waals surface area contributed by atoms with Gasteiger partial charge in [0.1, 0.15) is 18.7 Å². The van der Waals surface area contributed by atoms with Gasteiger partial charge in [0.25, 0.3) is 8.32 Å². The molecule has 1 saturated heterocycles. The number of likely N-dealkylation sites (N-methyl/N-ethyl adjacent to an activating group) is 1. The van der Waals surface area contributed by atoms with Gasteiger partial charge in [0, 0.05) is 19.2 Å². The molecule has 11 heteroatoms. The molecule has 1 fully saturated rings. The Kier molecular flexibility index (Phi) is 6.94. The molecule has 3 heterocycles. The van der Waals surface area contributed by atoms with Crippen LogP contribution in [0, 0.1) is 0 Å². The fourth-order valence-corrected chi connectivity index (χ4v) is 4.73. The molecule has 2 aromatic rings. The third-order valence-electron chi connectivity index (χ3n) is 7.17. The number of fused-ring (bicyclic) bond motifs is 4. The summed E-state index contributed by atoms with van der Waals surface area (Å²) in [5.41, 5.74) is 8.70. The van der Waals surface area contributed by atoms with Gasteiger partial charge in [-0.05, 0) is 23.7 Å². The summed E-state index contributed by atoms with van der Waals surface area (Å²) in [6.45, 7) is 12.5. The first-order chi connectivity index (χ1) is 16.6. The van der Waals surface area contributed by atoms with Crippen molar-refractivity contribution in [1.29, 1.82) is 0 Å². The molecule has 1 aromatic heterocycles. The van der Waals surface area contributed by atoms with E-state index in [-0.39, 0.29) is 17.1 Å². The molecule has 0 spiro atoms. The normalized spacial score (nSPS) is 20.3. The van der Waals surface area contributed by atoms with Gasteiger partial charge in [-0.1, -0.05) is 56.3 Å². The molecule has 10 nitrogen and oxygen atoms in total. The molecule has 4 rings (SSSR count). The number of urea groups is 1. The Balaban J connectivity index is 1.69. The molecule has 2 bridgehead atoms. The number of nitrogens with zero attached hydrogens (tertiary/aromatic N) is 5. The predicted octanol–water partition coefficient (Wildman–Crippen LogP) is 3.36. The minimum Gasteiger partial charge on any atom is -0.453 e. The standard InChI is InChI=1S/C24H37N7O3Si/c1-24(2,3)35(5,6)34-28-22(26-4)21-20-18(14-27-30(20)13-12-25)19-15-29(21)23(32)31(19)33-16-17-10-8-7-9-11-17/h7-11,14,19,21H,12-13,15-16,25H2,1-6H3,(H,26,28)/t19-,21-/m0/s1. The highest BCUT2D eigenvalue weighted by atomic mass is 28.4. The molecule has 0 radical (unpaired) electrons. The highest BCUT2D eigenvalue weighted by Gasteiger charge is 2.52. The Morgan fingerprint density at radius 3 is 2.63 bits per heavy atom. The monoisotopic (exact) mass is 499 g/mol. The van der Waals surface area contributed by atoms with Crippen LogP contribution in [0.15, 0.2) is 41.7 Å². The topological polar surface area (TPSA) is 110 Å². The van der Waals surface area contributed by atoms with Crippen molar-refractivity contribution in [1.82, 2.24) is 25.1 Å². The summed E-state index contributed by atoms with van der Waals surface area (Å²) in [6.07, 6.45) is 1.82. The van der Waals surface area contributed by atoms with Crippen molar-refractivity contribution in [3.63, 3.8) is 0 Å². The van der Waals surface area contributed by atoms with Crippen LogP contribution in [0.25, 0.3) is 0 Å². The van der Waals surface area contributed by atoms with E-state index in [4.69, 9.17) is 15.1 Å². The number of aromatic nitrogens is 2. The van der Waals surface area contributed by atoms with E-state index in [0.717, 1.165) is 16.8 Å². The van der Waals surface area contributed by atoms with Crippen molar-refractivity contribution in [3.05, 3.63) is 53.3 Å². The number of hydrogen-bond acceptors (Lipinski definition) is 6. The third-order valence-corrected chi connectivity index (χ3v) is 11.3. The van der Waals surface area contributed by atoms with Gasteiger partial charge < -0.3 is 20.5 Å². The van der Waals surface area contributed by atoms with Crippen LogP contribution in [0.1, 0.15) is 49.7 Å². The average Bonchev–Trinajstić information content (AvgIpc) is 3.35. The van der Waals surface area contributed by atoms with Crippen molar-refractivity contribution in [3.8, 4) is 0 Å². The predicted molar refractivity (Wildman–Crippen MR) is 137 cm³/mol. The number of amidine groups is 1. The molecule has 35 heavy (non-hydrogen) atoms. The first kappa shape index (κ1) is 25.2. The Hall–Kier alpha value is -2.89. The summed E-state index contributed by atoms with van der Waals surface area (Å²) in [4.78, 5) is 21.4. The summed E-state index contributed by atoms with van der Waals surface area (Å²) in [5.74, 6) is 0.562. The van der Waals surface area contributed by atoms with Crippen molar-refractivity contribution >= 4 is 20.2 Å². The summed E-state index contributed by atoms with van der Waals surface area (Å²) in [7, 11) is -0.364. The molecule has 2 aliphatic rings. The highest BCUT2D eigenvalue weighted by molar-refractivity contribution is 6.74. The largest absolute Gasteiger partial charge is 0.453 e. The molecule has 2 atom stereocenters. The van der Waals surface area contributed by atoms with Crippen molar-refractivity contribution in [2.45, 2.75) is 64.1 Å². The summed E-state index contributed by atoms with van der Waals surface area (Å²) in [6, 6.07) is 8.86. The number of rotatable bonds is 8. The fourth-order valence-electron chi connectivity index (χ4n) is 4.13. The molecular weight excluding hydrogens is 462 g/mol. The number of nitrogens with one attached hydrogen (secondary N) is 1. The van der Waals surface area contributed by atoms with Crippen LogP contribution in [0.4, 0.5) is 4.79 Å². The zero-order chi connectivity index (χ0) is 25.4. The second-order valence-corrected chi connectivity index (χ2v) is 15.2. The zero-order valence-electron chi connectivity index (χ0n) is 21.5. The minimum atomic E-state index is -2.16. The first-order valence-corrected chi connectivity index (χ1v) is 15.0. The summed E-state index contributed by atoms with van der Waals surface area (Å²) >= 11 is 0. The van der Waals surface area contributed by atoms with Crippen LogP contribution >= 0.6 is 0 Å². The lowest BCUT2D eigenvalue weighted by Gasteiger charge is -2.35. The molecule has 1 aromatic carbocycles. The Morgan fingerprint density at radius 2 is 2.00 bits per heavy atom. The van der Waals surface area contributed by atoms with E-state index in [9.17, 15) is 4.79 Å². The number of hydrogen-bond donors (Lipinski definition) is 2. The van der Waals surface area contributed by atoms with E-state index in [1.807, 2.05) is 41.2 Å². The molecule has 190 valence electrons. The van der Waals surface area contributed by atoms with Crippen LogP contribution in [0.3, 0.4) is 0 Å². The maximum Gasteiger partial charge on any atom is 0.345 e. The number of amides is 2. The van der Waals surface area contributed by atoms with Crippen LogP contribution in [-0.2, 0) is 22.5 Å². The first-order valence-electron chi connectivity index (χ1n) is 12.0. The molecule has 0 saturated carbocycles. The van der Waals surface area contributed by atoms with Crippen molar-refractivity contribution in [2.24, 2.45) is 10.9 Å². The zero-order valence-corrected chi connectivity index (χ0v) is 22.5. The van der Waals surface area contributed by atoms with Gasteiger partial charge in [-0.25, -0.2) is 4.79 Å². The van der Waals surface area contributed by atoms with Gasteiger partial charge in [0.15, 0.2) is 5.84 Å². The third kappa shape index (κ3) is 4.67. The van der Waals surface area contributed by atoms with E-state index in [0.29, 0.717) is 32.1 Å². The Labute approximate surface area is 208 Å². The van der Waals surface area contributed by atoms with E-state index in [1.165, 1.54) is 5.06 Å². The SMILES string of the molecule is CN/C(=N\O[Si](C)(C)C(C)(C)C)[C@@H]1c2c(cnn2CCN)[C@@H]2CN1C(=O)N2OCc1ccccc1. The second kappa shape index (κ2) is 9.63. The average molecular weight is 500 g/mol.